The molecule has 0 saturated heterocycles. The Balaban J connectivity index is 1.91. The summed E-state index contributed by atoms with van der Waals surface area (Å²) in [5.41, 5.74) is 3.55. The molecule has 0 bridgehead atoms. The lowest BCUT2D eigenvalue weighted by Crippen LogP contribution is -2.13. The molecule has 0 saturated carbocycles. The van der Waals surface area contributed by atoms with E-state index in [1.807, 2.05) is 12.1 Å². The van der Waals surface area contributed by atoms with Crippen LogP contribution in [-0.2, 0) is 22.5 Å². The number of aryl methyl sites for hydroxylation is 1. The molecule has 0 heterocycles. The normalized spacial score (nSPS) is 12.0. The molecule has 2 aromatic carbocycles. The highest BCUT2D eigenvalue weighted by molar-refractivity contribution is 7.80. The van der Waals surface area contributed by atoms with E-state index in [2.05, 4.69) is 36.0 Å². The molecule has 0 aliphatic heterocycles. The standard InChI is InChI=1S/C18H22N2O3S/c1-13(2)17-6-4-3-5-14(17)7-12-18(21)19-15-8-10-16(11-9-15)20-24(22)23/h3-6,8-11,13,20H,7,12H2,1-2H3,(H,19,21)(H,22,23)/p-1. The van der Waals surface area contributed by atoms with Crippen LogP contribution >= 0.6 is 0 Å². The van der Waals surface area contributed by atoms with Crippen molar-refractivity contribution >= 4 is 28.5 Å². The molecular formula is C18H21N2O3S-. The molecule has 2 rings (SSSR count). The van der Waals surface area contributed by atoms with Crippen molar-refractivity contribution in [3.63, 3.8) is 0 Å². The highest BCUT2D eigenvalue weighted by Crippen LogP contribution is 2.21. The van der Waals surface area contributed by atoms with E-state index in [-0.39, 0.29) is 5.91 Å². The number of amides is 1. The second-order valence-corrected chi connectivity index (χ2v) is 6.49. The molecule has 2 N–H and O–H groups in total. The average molecular weight is 345 g/mol. The molecular weight excluding hydrogens is 324 g/mol. The molecule has 128 valence electrons. The number of hydrogen-bond donors (Lipinski definition) is 2. The molecule has 2 aromatic rings. The summed E-state index contributed by atoms with van der Waals surface area (Å²) in [6.07, 6.45) is 1.09. The van der Waals surface area contributed by atoms with Gasteiger partial charge in [-0.05, 0) is 47.7 Å². The number of anilines is 2. The van der Waals surface area contributed by atoms with Crippen LogP contribution in [0.4, 0.5) is 11.4 Å². The number of nitrogens with one attached hydrogen (secondary N) is 2. The molecule has 6 heteroatoms. The molecule has 0 aliphatic rings. The quantitative estimate of drug-likeness (QED) is 0.753. The summed E-state index contributed by atoms with van der Waals surface area (Å²) in [4.78, 5) is 12.1. The summed E-state index contributed by atoms with van der Waals surface area (Å²) in [7, 11) is 0. The summed E-state index contributed by atoms with van der Waals surface area (Å²) in [5, 5.41) is 2.82. The van der Waals surface area contributed by atoms with Crippen molar-refractivity contribution in [1.82, 2.24) is 0 Å². The zero-order chi connectivity index (χ0) is 17.5. The fourth-order valence-corrected chi connectivity index (χ4v) is 2.84. The molecule has 24 heavy (non-hydrogen) atoms. The van der Waals surface area contributed by atoms with Crippen molar-refractivity contribution in [2.75, 3.05) is 10.0 Å². The van der Waals surface area contributed by atoms with Gasteiger partial charge < -0.3 is 14.6 Å². The summed E-state index contributed by atoms with van der Waals surface area (Å²) in [6.45, 7) is 4.28. The van der Waals surface area contributed by atoms with E-state index in [0.717, 1.165) is 0 Å². The van der Waals surface area contributed by atoms with Gasteiger partial charge in [-0.3, -0.25) is 9.00 Å². The molecule has 1 atom stereocenters. The fourth-order valence-electron chi connectivity index (χ4n) is 2.51. The number of hydrogen-bond acceptors (Lipinski definition) is 3. The molecule has 0 fully saturated rings. The van der Waals surface area contributed by atoms with Crippen molar-refractivity contribution in [3.8, 4) is 0 Å². The first kappa shape index (κ1) is 18.2. The van der Waals surface area contributed by atoms with Gasteiger partial charge in [0.2, 0.25) is 5.91 Å². The monoisotopic (exact) mass is 345 g/mol. The largest absolute Gasteiger partial charge is 0.755 e. The smallest absolute Gasteiger partial charge is 0.224 e. The van der Waals surface area contributed by atoms with Crippen LogP contribution in [0.1, 0.15) is 37.3 Å². The average Bonchev–Trinajstić information content (AvgIpc) is 2.54. The van der Waals surface area contributed by atoms with Gasteiger partial charge in [0.25, 0.3) is 0 Å². The van der Waals surface area contributed by atoms with Crippen LogP contribution in [0.3, 0.4) is 0 Å². The van der Waals surface area contributed by atoms with Gasteiger partial charge in [0.1, 0.15) is 0 Å². The van der Waals surface area contributed by atoms with Crippen molar-refractivity contribution in [2.45, 2.75) is 32.6 Å². The minimum Gasteiger partial charge on any atom is -0.755 e. The summed E-state index contributed by atoms with van der Waals surface area (Å²) < 4.78 is 23.3. The van der Waals surface area contributed by atoms with Crippen LogP contribution in [0.15, 0.2) is 48.5 Å². The highest BCUT2D eigenvalue weighted by Gasteiger charge is 2.08. The first-order valence-corrected chi connectivity index (χ1v) is 8.87. The predicted octanol–water partition coefficient (Wildman–Crippen LogP) is 3.59. The molecule has 0 aromatic heterocycles. The van der Waals surface area contributed by atoms with Crippen molar-refractivity contribution in [1.29, 1.82) is 0 Å². The molecule has 1 amide bonds. The Morgan fingerprint density at radius 2 is 1.71 bits per heavy atom. The van der Waals surface area contributed by atoms with E-state index in [9.17, 15) is 13.6 Å². The Kier molecular flexibility index (Phi) is 6.52. The molecule has 0 aliphatic carbocycles. The van der Waals surface area contributed by atoms with Gasteiger partial charge in [0.15, 0.2) is 0 Å². The third kappa shape index (κ3) is 5.47. The van der Waals surface area contributed by atoms with E-state index in [4.69, 9.17) is 0 Å². The Morgan fingerprint density at radius 1 is 1.08 bits per heavy atom. The van der Waals surface area contributed by atoms with Crippen LogP contribution in [-0.4, -0.2) is 14.7 Å². The Bertz CT molecular complexity index is 714. The first-order valence-electron chi connectivity index (χ1n) is 7.79. The van der Waals surface area contributed by atoms with Gasteiger partial charge in [0, 0.05) is 29.1 Å². The maximum absolute atomic E-state index is 12.1. The van der Waals surface area contributed by atoms with Gasteiger partial charge >= 0.3 is 0 Å². The Morgan fingerprint density at radius 3 is 2.33 bits per heavy atom. The number of carbonyl (C=O) groups excluding carboxylic acids is 1. The van der Waals surface area contributed by atoms with E-state index in [1.165, 1.54) is 11.1 Å². The molecule has 5 nitrogen and oxygen atoms in total. The molecule has 0 spiro atoms. The van der Waals surface area contributed by atoms with Gasteiger partial charge in [-0.1, -0.05) is 38.1 Å². The SMILES string of the molecule is CC(C)c1ccccc1CCC(=O)Nc1ccc(NS(=O)[O-])cc1. The van der Waals surface area contributed by atoms with Crippen LogP contribution in [0.5, 0.6) is 0 Å². The van der Waals surface area contributed by atoms with Crippen LogP contribution < -0.4 is 10.0 Å². The second-order valence-electron chi connectivity index (χ2n) is 5.82. The fraction of sp³-hybridized carbons (Fsp3) is 0.278. The van der Waals surface area contributed by atoms with Gasteiger partial charge in [-0.15, -0.1) is 0 Å². The summed E-state index contributed by atoms with van der Waals surface area (Å²) >= 11 is -2.35. The van der Waals surface area contributed by atoms with Crippen LogP contribution in [0, 0.1) is 0 Å². The van der Waals surface area contributed by atoms with E-state index in [0.29, 0.717) is 30.1 Å². The predicted molar refractivity (Wildman–Crippen MR) is 96.5 cm³/mol. The van der Waals surface area contributed by atoms with Crippen molar-refractivity contribution < 1.29 is 13.6 Å². The van der Waals surface area contributed by atoms with E-state index in [1.54, 1.807) is 24.3 Å². The number of benzene rings is 2. The number of carbonyl (C=O) groups is 1. The maximum Gasteiger partial charge on any atom is 0.224 e. The van der Waals surface area contributed by atoms with Crippen LogP contribution in [0.2, 0.25) is 0 Å². The maximum atomic E-state index is 12.1. The lowest BCUT2D eigenvalue weighted by Gasteiger charge is -2.13. The third-order valence-corrected chi connectivity index (χ3v) is 4.07. The minimum absolute atomic E-state index is 0.0679. The van der Waals surface area contributed by atoms with Crippen LogP contribution in [0.25, 0.3) is 0 Å². The van der Waals surface area contributed by atoms with E-state index >= 15 is 0 Å². The van der Waals surface area contributed by atoms with E-state index < -0.39 is 11.3 Å². The lowest BCUT2D eigenvalue weighted by atomic mass is 9.94. The Labute approximate surface area is 144 Å². The highest BCUT2D eigenvalue weighted by atomic mass is 32.2. The Hall–Kier alpha value is -2.18. The molecule has 0 radical (unpaired) electrons. The topological polar surface area (TPSA) is 81.3 Å². The lowest BCUT2D eigenvalue weighted by molar-refractivity contribution is -0.116. The van der Waals surface area contributed by atoms with Gasteiger partial charge in [0.05, 0.1) is 0 Å². The minimum atomic E-state index is -2.35. The first-order chi connectivity index (χ1) is 11.5. The molecule has 1 unspecified atom stereocenters. The summed E-state index contributed by atoms with van der Waals surface area (Å²) in [5.74, 6) is 0.359. The van der Waals surface area contributed by atoms with Gasteiger partial charge in [-0.25, -0.2) is 0 Å². The number of rotatable bonds is 7. The van der Waals surface area contributed by atoms with Crippen molar-refractivity contribution in [2.24, 2.45) is 0 Å². The third-order valence-electron chi connectivity index (χ3n) is 3.67. The van der Waals surface area contributed by atoms with Crippen molar-refractivity contribution in [3.05, 3.63) is 59.7 Å². The zero-order valence-electron chi connectivity index (χ0n) is 13.7. The van der Waals surface area contributed by atoms with Gasteiger partial charge in [-0.2, -0.15) is 0 Å². The second kappa shape index (κ2) is 8.61. The zero-order valence-corrected chi connectivity index (χ0v) is 14.6. The summed E-state index contributed by atoms with van der Waals surface area (Å²) in [6, 6.07) is 14.7.